The largest absolute Gasteiger partial charge is 0.236 e. The van der Waals surface area contributed by atoms with E-state index in [9.17, 15) is 0 Å². The maximum absolute atomic E-state index is 8.31. The summed E-state index contributed by atoms with van der Waals surface area (Å²) in [6.07, 6.45) is 0. The Labute approximate surface area is 127 Å². The topological polar surface area (TPSA) is 54.4 Å². The van der Waals surface area contributed by atoms with Crippen molar-refractivity contribution in [3.63, 3.8) is 0 Å². The van der Waals surface area contributed by atoms with Crippen LogP contribution in [0, 0.1) is 3.57 Å². The molecule has 1 aromatic heterocycles. The van der Waals surface area contributed by atoms with Crippen molar-refractivity contribution in [3.8, 4) is 10.6 Å². The third-order valence-corrected chi connectivity index (χ3v) is 4.38. The lowest BCUT2D eigenvalue weighted by molar-refractivity contribution is -0.215. The first-order valence-electron chi connectivity index (χ1n) is 5.49. The Kier molecular flexibility index (Phi) is 3.65. The van der Waals surface area contributed by atoms with Gasteiger partial charge in [-0.05, 0) is 65.1 Å². The van der Waals surface area contributed by atoms with Crippen molar-refractivity contribution < 1.29 is 10.2 Å². The first kappa shape index (κ1) is 12.8. The molecule has 2 N–H and O–H groups in total. The minimum absolute atomic E-state index is 0.682. The van der Waals surface area contributed by atoms with E-state index in [1.54, 1.807) is 11.3 Å². The highest BCUT2D eigenvalue weighted by Crippen LogP contribution is 2.31. The molecule has 96 valence electrons. The first-order chi connectivity index (χ1) is 9.26. The van der Waals surface area contributed by atoms with Gasteiger partial charge in [0.05, 0.1) is 15.9 Å². The summed E-state index contributed by atoms with van der Waals surface area (Å²) in [6, 6.07) is 13.7. The second-order valence-electron chi connectivity index (χ2n) is 3.90. The lowest BCUT2D eigenvalue weighted by Crippen LogP contribution is -1.95. The molecule has 0 fully saturated rings. The molecular formula is C13H9IN2O2S. The molecule has 0 saturated carbocycles. The summed E-state index contributed by atoms with van der Waals surface area (Å²) >= 11 is 3.97. The van der Waals surface area contributed by atoms with Crippen LogP contribution in [0.25, 0.3) is 20.8 Å². The second kappa shape index (κ2) is 5.41. The molecule has 3 aromatic rings. The van der Waals surface area contributed by atoms with Crippen LogP contribution in [-0.2, 0) is 4.99 Å². The van der Waals surface area contributed by atoms with Crippen LogP contribution < -0.4 is 5.48 Å². The SMILES string of the molecule is OONc1ccc(-c2nc3ccc(I)cc3s2)cc1. The quantitative estimate of drug-likeness (QED) is 0.400. The zero-order valence-corrected chi connectivity index (χ0v) is 12.6. The van der Waals surface area contributed by atoms with Crippen molar-refractivity contribution in [1.82, 2.24) is 4.98 Å². The van der Waals surface area contributed by atoms with Gasteiger partial charge in [0.15, 0.2) is 0 Å². The molecule has 0 bridgehead atoms. The normalized spacial score (nSPS) is 10.8. The molecule has 0 amide bonds. The fraction of sp³-hybridized carbons (Fsp3) is 0. The Bertz CT molecular complexity index is 712. The number of fused-ring (bicyclic) bond motifs is 1. The zero-order chi connectivity index (χ0) is 13.2. The van der Waals surface area contributed by atoms with Crippen LogP contribution >= 0.6 is 33.9 Å². The predicted octanol–water partition coefficient (Wildman–Crippen LogP) is 4.38. The maximum atomic E-state index is 8.31. The molecule has 1 heterocycles. The van der Waals surface area contributed by atoms with E-state index >= 15 is 0 Å². The van der Waals surface area contributed by atoms with Crippen LogP contribution in [0.5, 0.6) is 0 Å². The highest BCUT2D eigenvalue weighted by atomic mass is 127. The molecular weight excluding hydrogens is 375 g/mol. The molecule has 3 rings (SSSR count). The van der Waals surface area contributed by atoms with Crippen molar-refractivity contribution in [3.05, 3.63) is 46.0 Å². The molecule has 0 aliphatic carbocycles. The zero-order valence-electron chi connectivity index (χ0n) is 9.63. The molecule has 0 aliphatic rings. The standard InChI is InChI=1S/C13H9IN2O2S/c14-9-3-6-11-12(7-9)19-13(15-11)8-1-4-10(5-2-8)16-18-17/h1-7,16-17H. The van der Waals surface area contributed by atoms with Gasteiger partial charge in [-0.3, -0.25) is 0 Å². The van der Waals surface area contributed by atoms with E-state index in [1.807, 2.05) is 30.3 Å². The fourth-order valence-electron chi connectivity index (χ4n) is 1.76. The highest BCUT2D eigenvalue weighted by molar-refractivity contribution is 14.1. The van der Waals surface area contributed by atoms with E-state index in [0.717, 1.165) is 16.1 Å². The van der Waals surface area contributed by atoms with Gasteiger partial charge in [0, 0.05) is 9.13 Å². The van der Waals surface area contributed by atoms with Gasteiger partial charge in [-0.25, -0.2) is 15.7 Å². The lowest BCUT2D eigenvalue weighted by atomic mass is 10.2. The number of nitrogens with zero attached hydrogens (tertiary/aromatic N) is 1. The van der Waals surface area contributed by atoms with E-state index < -0.39 is 0 Å². The minimum atomic E-state index is 0.682. The molecule has 0 radical (unpaired) electrons. The van der Waals surface area contributed by atoms with Crippen LogP contribution in [0.4, 0.5) is 5.69 Å². The molecule has 0 unspecified atom stereocenters. The molecule has 4 nitrogen and oxygen atoms in total. The number of nitrogens with one attached hydrogen (secondary N) is 1. The molecule has 2 aromatic carbocycles. The van der Waals surface area contributed by atoms with Crippen LogP contribution in [0.1, 0.15) is 0 Å². The average molecular weight is 384 g/mol. The summed E-state index contributed by atoms with van der Waals surface area (Å²) in [4.78, 5) is 8.48. The van der Waals surface area contributed by atoms with E-state index in [0.29, 0.717) is 5.69 Å². The van der Waals surface area contributed by atoms with E-state index in [1.165, 1.54) is 8.27 Å². The summed E-state index contributed by atoms with van der Waals surface area (Å²) in [5.41, 5.74) is 5.10. The Morgan fingerprint density at radius 2 is 1.95 bits per heavy atom. The molecule has 0 spiro atoms. The van der Waals surface area contributed by atoms with Crippen LogP contribution in [0.3, 0.4) is 0 Å². The predicted molar refractivity (Wildman–Crippen MR) is 85.1 cm³/mol. The van der Waals surface area contributed by atoms with Crippen molar-refractivity contribution in [1.29, 1.82) is 0 Å². The number of halogens is 1. The Morgan fingerprint density at radius 3 is 2.68 bits per heavy atom. The molecule has 0 atom stereocenters. The minimum Gasteiger partial charge on any atom is -0.236 e. The monoisotopic (exact) mass is 384 g/mol. The number of aromatic nitrogens is 1. The third kappa shape index (κ3) is 2.71. The number of rotatable bonds is 3. The number of benzene rings is 2. The van der Waals surface area contributed by atoms with Crippen molar-refractivity contribution in [2.75, 3.05) is 5.48 Å². The summed E-state index contributed by atoms with van der Waals surface area (Å²) < 4.78 is 2.39. The Balaban J connectivity index is 1.99. The summed E-state index contributed by atoms with van der Waals surface area (Å²) in [5.74, 6) is 0. The van der Waals surface area contributed by atoms with Gasteiger partial charge in [-0.1, -0.05) is 0 Å². The van der Waals surface area contributed by atoms with Crippen LogP contribution in [-0.4, -0.2) is 10.2 Å². The van der Waals surface area contributed by atoms with Gasteiger partial charge < -0.3 is 0 Å². The van der Waals surface area contributed by atoms with Gasteiger partial charge in [-0.2, -0.15) is 0 Å². The van der Waals surface area contributed by atoms with Gasteiger partial charge in [-0.15, -0.1) is 16.3 Å². The smallest absolute Gasteiger partial charge is 0.124 e. The highest BCUT2D eigenvalue weighted by Gasteiger charge is 2.06. The molecule has 19 heavy (non-hydrogen) atoms. The van der Waals surface area contributed by atoms with Crippen LogP contribution in [0.15, 0.2) is 42.5 Å². The van der Waals surface area contributed by atoms with Crippen molar-refractivity contribution >= 4 is 49.8 Å². The van der Waals surface area contributed by atoms with E-state index in [4.69, 9.17) is 5.26 Å². The Hall–Kier alpha value is -1.22. The molecule has 0 saturated heterocycles. The second-order valence-corrected chi connectivity index (χ2v) is 6.18. The van der Waals surface area contributed by atoms with Crippen molar-refractivity contribution in [2.24, 2.45) is 0 Å². The van der Waals surface area contributed by atoms with Crippen LogP contribution in [0.2, 0.25) is 0 Å². The fourth-order valence-corrected chi connectivity index (χ4v) is 3.47. The van der Waals surface area contributed by atoms with Gasteiger partial charge in [0.2, 0.25) is 0 Å². The van der Waals surface area contributed by atoms with Gasteiger partial charge >= 0.3 is 0 Å². The van der Waals surface area contributed by atoms with E-state index in [-0.39, 0.29) is 0 Å². The summed E-state index contributed by atoms with van der Waals surface area (Å²) in [7, 11) is 0. The van der Waals surface area contributed by atoms with Gasteiger partial charge in [0.1, 0.15) is 5.01 Å². The third-order valence-electron chi connectivity index (χ3n) is 2.65. The number of anilines is 1. The van der Waals surface area contributed by atoms with Gasteiger partial charge in [0.25, 0.3) is 0 Å². The lowest BCUT2D eigenvalue weighted by Gasteiger charge is -2.01. The number of thiazole rings is 1. The van der Waals surface area contributed by atoms with E-state index in [2.05, 4.69) is 50.2 Å². The van der Waals surface area contributed by atoms with Crippen molar-refractivity contribution in [2.45, 2.75) is 0 Å². The summed E-state index contributed by atoms with van der Waals surface area (Å²) in [6.45, 7) is 0. The number of hydrogen-bond donors (Lipinski definition) is 2. The summed E-state index contributed by atoms with van der Waals surface area (Å²) in [5, 5.41) is 9.29. The average Bonchev–Trinajstić information content (AvgIpc) is 2.83. The maximum Gasteiger partial charge on any atom is 0.124 e. The first-order valence-corrected chi connectivity index (χ1v) is 7.39. The molecule has 0 aliphatic heterocycles. The molecule has 6 heteroatoms. The number of hydrogen-bond acceptors (Lipinski definition) is 5. The Morgan fingerprint density at radius 1 is 1.16 bits per heavy atom.